The summed E-state index contributed by atoms with van der Waals surface area (Å²) in [5, 5.41) is 9.16. The Bertz CT molecular complexity index is 743. The van der Waals surface area contributed by atoms with Crippen LogP contribution in [0.1, 0.15) is 5.69 Å². The van der Waals surface area contributed by atoms with Gasteiger partial charge in [-0.05, 0) is 24.3 Å². The Hall–Kier alpha value is -2.74. The number of hydrogen-bond acceptors (Lipinski definition) is 5. The van der Waals surface area contributed by atoms with Gasteiger partial charge in [-0.15, -0.1) is 0 Å². The van der Waals surface area contributed by atoms with Gasteiger partial charge >= 0.3 is 5.97 Å². The molecule has 1 aliphatic rings. The minimum atomic E-state index is -1.10. The van der Waals surface area contributed by atoms with Gasteiger partial charge in [0.05, 0.1) is 25.3 Å². The average Bonchev–Trinajstić information content (AvgIpc) is 3.04. The van der Waals surface area contributed by atoms with Crippen molar-refractivity contribution < 1.29 is 28.2 Å². The molecule has 8 heteroatoms. The van der Waals surface area contributed by atoms with E-state index in [2.05, 4.69) is 4.98 Å². The van der Waals surface area contributed by atoms with Crippen LogP contribution in [0.3, 0.4) is 0 Å². The van der Waals surface area contributed by atoms with Crippen LogP contribution >= 0.6 is 0 Å². The number of carbonyl (C=O) groups is 2. The molecule has 2 aromatic rings. The molecular weight excluding hydrogens is 319 g/mol. The lowest BCUT2D eigenvalue weighted by molar-refractivity contribution is -0.158. The number of benzene rings is 1. The Morgan fingerprint density at radius 3 is 2.79 bits per heavy atom. The van der Waals surface area contributed by atoms with Crippen LogP contribution in [0.4, 0.5) is 4.39 Å². The van der Waals surface area contributed by atoms with Crippen molar-refractivity contribution in [1.29, 1.82) is 0 Å². The molecule has 0 saturated carbocycles. The number of halogens is 1. The topological polar surface area (TPSA) is 92.9 Å². The number of oxazole rings is 1. The fourth-order valence-electron chi connectivity index (χ4n) is 2.48. The van der Waals surface area contributed by atoms with Crippen molar-refractivity contribution in [3.05, 3.63) is 42.0 Å². The van der Waals surface area contributed by atoms with E-state index in [4.69, 9.17) is 14.3 Å². The zero-order valence-electron chi connectivity index (χ0n) is 12.6. The lowest BCUT2D eigenvalue weighted by atomic mass is 10.2. The van der Waals surface area contributed by atoms with E-state index in [1.165, 1.54) is 35.4 Å². The van der Waals surface area contributed by atoms with E-state index >= 15 is 0 Å². The normalized spacial score (nSPS) is 17.7. The maximum atomic E-state index is 12.9. The molecule has 1 aliphatic heterocycles. The monoisotopic (exact) mass is 334 g/mol. The minimum Gasteiger partial charge on any atom is -0.480 e. The molecule has 1 aromatic heterocycles. The van der Waals surface area contributed by atoms with Gasteiger partial charge in [0.1, 0.15) is 12.1 Å². The molecule has 3 rings (SSSR count). The first-order valence-electron chi connectivity index (χ1n) is 7.35. The lowest BCUT2D eigenvalue weighted by Crippen LogP contribution is -2.53. The summed E-state index contributed by atoms with van der Waals surface area (Å²) >= 11 is 0. The van der Waals surface area contributed by atoms with Crippen molar-refractivity contribution in [2.24, 2.45) is 0 Å². The number of amides is 1. The van der Waals surface area contributed by atoms with Crippen molar-refractivity contribution in [2.75, 3.05) is 19.8 Å². The number of aromatic nitrogens is 1. The molecule has 0 bridgehead atoms. The van der Waals surface area contributed by atoms with Crippen LogP contribution in [-0.2, 0) is 20.7 Å². The summed E-state index contributed by atoms with van der Waals surface area (Å²) in [5.74, 6) is -1.55. The molecule has 1 saturated heterocycles. The standard InChI is InChI=1S/C16H15FN2O5/c17-11-3-1-10(2-4-11)15-18-12(8-24-15)7-14(20)19-5-6-23-9-13(19)16(21)22/h1-4,8,13H,5-7,9H2,(H,21,22)/t13-/m1/s1. The third-order valence-electron chi connectivity index (χ3n) is 3.71. The number of carboxylic acids is 1. The fraction of sp³-hybridized carbons (Fsp3) is 0.312. The first kappa shape index (κ1) is 16.1. The maximum Gasteiger partial charge on any atom is 0.328 e. The van der Waals surface area contributed by atoms with Gasteiger partial charge in [0.2, 0.25) is 11.8 Å². The van der Waals surface area contributed by atoms with Gasteiger partial charge in [-0.1, -0.05) is 0 Å². The minimum absolute atomic E-state index is 0.0271. The summed E-state index contributed by atoms with van der Waals surface area (Å²) in [5.41, 5.74) is 0.972. The summed E-state index contributed by atoms with van der Waals surface area (Å²) < 4.78 is 23.3. The van der Waals surface area contributed by atoms with Crippen LogP contribution in [0, 0.1) is 5.82 Å². The number of carboxylic acid groups (broad SMARTS) is 1. The number of morpholine rings is 1. The van der Waals surface area contributed by atoms with Gasteiger partial charge < -0.3 is 19.2 Å². The van der Waals surface area contributed by atoms with E-state index in [1.54, 1.807) is 0 Å². The molecule has 7 nitrogen and oxygen atoms in total. The summed E-state index contributed by atoms with van der Waals surface area (Å²) in [6.07, 6.45) is 1.27. The molecule has 1 amide bonds. The van der Waals surface area contributed by atoms with Crippen LogP contribution in [0.25, 0.3) is 11.5 Å². The van der Waals surface area contributed by atoms with E-state index in [0.29, 0.717) is 17.9 Å². The van der Waals surface area contributed by atoms with Gasteiger partial charge in [-0.3, -0.25) is 4.79 Å². The molecule has 1 aromatic carbocycles. The van der Waals surface area contributed by atoms with E-state index in [9.17, 15) is 14.0 Å². The maximum absolute atomic E-state index is 12.9. The second-order valence-corrected chi connectivity index (χ2v) is 5.34. The van der Waals surface area contributed by atoms with E-state index in [0.717, 1.165) is 0 Å². The smallest absolute Gasteiger partial charge is 0.328 e. The van der Waals surface area contributed by atoms with E-state index in [-0.39, 0.29) is 37.2 Å². The summed E-state index contributed by atoms with van der Waals surface area (Å²) in [6, 6.07) is 4.63. The van der Waals surface area contributed by atoms with Crippen LogP contribution < -0.4 is 0 Å². The Morgan fingerprint density at radius 2 is 2.08 bits per heavy atom. The zero-order valence-corrected chi connectivity index (χ0v) is 12.6. The molecule has 1 atom stereocenters. The van der Waals surface area contributed by atoms with Crippen LogP contribution in [-0.4, -0.2) is 52.7 Å². The van der Waals surface area contributed by atoms with Crippen LogP contribution in [0.2, 0.25) is 0 Å². The van der Waals surface area contributed by atoms with Gasteiger partial charge in [-0.2, -0.15) is 0 Å². The Labute approximate surface area is 136 Å². The molecule has 24 heavy (non-hydrogen) atoms. The number of aliphatic carboxylic acids is 1. The Morgan fingerprint density at radius 1 is 1.33 bits per heavy atom. The fourth-order valence-corrected chi connectivity index (χ4v) is 2.48. The second-order valence-electron chi connectivity index (χ2n) is 5.34. The number of carbonyl (C=O) groups excluding carboxylic acids is 1. The zero-order chi connectivity index (χ0) is 17.1. The van der Waals surface area contributed by atoms with Crippen LogP contribution in [0.5, 0.6) is 0 Å². The van der Waals surface area contributed by atoms with Crippen molar-refractivity contribution in [3.63, 3.8) is 0 Å². The number of rotatable bonds is 4. The van der Waals surface area contributed by atoms with Gasteiger partial charge in [0, 0.05) is 12.1 Å². The molecule has 0 aliphatic carbocycles. The number of nitrogens with zero attached hydrogens (tertiary/aromatic N) is 2. The third kappa shape index (κ3) is 3.43. The molecule has 0 radical (unpaired) electrons. The second kappa shape index (κ2) is 6.79. The summed E-state index contributed by atoms with van der Waals surface area (Å²) in [4.78, 5) is 29.0. The van der Waals surface area contributed by atoms with Gasteiger partial charge in [0.25, 0.3) is 0 Å². The summed E-state index contributed by atoms with van der Waals surface area (Å²) in [6.45, 7) is 0.494. The predicted molar refractivity (Wildman–Crippen MR) is 79.6 cm³/mol. The predicted octanol–water partition coefficient (Wildman–Crippen LogP) is 1.34. The van der Waals surface area contributed by atoms with Gasteiger partial charge in [-0.25, -0.2) is 14.2 Å². The van der Waals surface area contributed by atoms with Crippen LogP contribution in [0.15, 0.2) is 34.9 Å². The molecule has 126 valence electrons. The third-order valence-corrected chi connectivity index (χ3v) is 3.71. The quantitative estimate of drug-likeness (QED) is 0.907. The lowest BCUT2D eigenvalue weighted by Gasteiger charge is -2.32. The first-order chi connectivity index (χ1) is 11.5. The number of ether oxygens (including phenoxy) is 1. The van der Waals surface area contributed by atoms with Gasteiger partial charge in [0.15, 0.2) is 6.04 Å². The molecular formula is C16H15FN2O5. The molecule has 2 heterocycles. The molecule has 0 unspecified atom stereocenters. The highest BCUT2D eigenvalue weighted by atomic mass is 19.1. The van der Waals surface area contributed by atoms with Crippen molar-refractivity contribution >= 4 is 11.9 Å². The van der Waals surface area contributed by atoms with Crippen molar-refractivity contribution in [3.8, 4) is 11.5 Å². The largest absolute Gasteiger partial charge is 0.480 e. The Balaban J connectivity index is 1.70. The highest BCUT2D eigenvalue weighted by Gasteiger charge is 2.32. The number of hydrogen-bond donors (Lipinski definition) is 1. The summed E-state index contributed by atoms with van der Waals surface area (Å²) in [7, 11) is 0. The first-order valence-corrected chi connectivity index (χ1v) is 7.35. The highest BCUT2D eigenvalue weighted by molar-refractivity contribution is 5.85. The molecule has 0 spiro atoms. The van der Waals surface area contributed by atoms with Crippen molar-refractivity contribution in [1.82, 2.24) is 9.88 Å². The van der Waals surface area contributed by atoms with E-state index < -0.39 is 12.0 Å². The molecule has 1 fully saturated rings. The SMILES string of the molecule is O=C(O)[C@H]1COCCN1C(=O)Cc1coc(-c2ccc(F)cc2)n1. The highest BCUT2D eigenvalue weighted by Crippen LogP contribution is 2.20. The molecule has 1 N–H and O–H groups in total. The average molecular weight is 334 g/mol. The van der Waals surface area contributed by atoms with E-state index in [1.807, 2.05) is 0 Å². The van der Waals surface area contributed by atoms with Crippen molar-refractivity contribution in [2.45, 2.75) is 12.5 Å². The Kier molecular flexibility index (Phi) is 4.57.